The third-order valence-electron chi connectivity index (χ3n) is 6.58. The normalized spacial score (nSPS) is 11.8. The van der Waals surface area contributed by atoms with Crippen LogP contribution in [0.2, 0.25) is 0 Å². The molecule has 0 saturated carbocycles. The minimum Gasteiger partial charge on any atom is -0.481 e. The number of hydrogen-bond donors (Lipinski definition) is 3. The number of aromatic carboxylic acids is 1. The number of unbranched alkanes of at least 4 members (excludes halogenated alkanes) is 1. The summed E-state index contributed by atoms with van der Waals surface area (Å²) in [5.74, 6) is -1.63. The standard InChI is InChI=1S/C30H31N3O5/c1-2-3-13-27-31-18-26(29(36)32-22(17-28(34)35)16-20-9-5-4-6-10-20)33(27)19-21-14-15-25(30(37)38)24-12-8-7-11-23(21)24/h4-12,14-15,18,22H,2-3,13,16-17,19H2,1H3,(H,32,36)(H,34,35)(H,37,38). The second-order valence-corrected chi connectivity index (χ2v) is 9.33. The number of nitrogens with one attached hydrogen (secondary N) is 1. The van der Waals surface area contributed by atoms with E-state index in [0.29, 0.717) is 30.5 Å². The smallest absolute Gasteiger partial charge is 0.336 e. The van der Waals surface area contributed by atoms with E-state index in [0.717, 1.165) is 35.2 Å². The first-order valence-corrected chi connectivity index (χ1v) is 12.7. The van der Waals surface area contributed by atoms with E-state index in [4.69, 9.17) is 0 Å². The minimum absolute atomic E-state index is 0.210. The third-order valence-corrected chi connectivity index (χ3v) is 6.58. The van der Waals surface area contributed by atoms with Crippen LogP contribution >= 0.6 is 0 Å². The number of imidazole rings is 1. The van der Waals surface area contributed by atoms with Gasteiger partial charge in [-0.25, -0.2) is 9.78 Å². The van der Waals surface area contributed by atoms with Crippen LogP contribution in [0.15, 0.2) is 72.9 Å². The van der Waals surface area contributed by atoms with Crippen molar-refractivity contribution in [3.05, 3.63) is 101 Å². The Morgan fingerprint density at radius 3 is 2.34 bits per heavy atom. The van der Waals surface area contributed by atoms with Crippen molar-refractivity contribution in [1.29, 1.82) is 0 Å². The molecule has 4 aromatic rings. The highest BCUT2D eigenvalue weighted by molar-refractivity contribution is 6.04. The Morgan fingerprint density at radius 2 is 1.66 bits per heavy atom. The number of aromatic nitrogens is 2. The van der Waals surface area contributed by atoms with Gasteiger partial charge in [0.05, 0.1) is 24.7 Å². The van der Waals surface area contributed by atoms with Gasteiger partial charge in [0.15, 0.2) is 0 Å². The predicted molar refractivity (Wildman–Crippen MR) is 145 cm³/mol. The molecule has 8 nitrogen and oxygen atoms in total. The number of hydrogen-bond acceptors (Lipinski definition) is 4. The molecule has 0 radical (unpaired) electrons. The summed E-state index contributed by atoms with van der Waals surface area (Å²) in [5.41, 5.74) is 2.35. The van der Waals surface area contributed by atoms with E-state index in [-0.39, 0.29) is 12.0 Å². The fraction of sp³-hybridized carbons (Fsp3) is 0.267. The number of nitrogens with zero attached hydrogens (tertiary/aromatic N) is 2. The molecule has 1 heterocycles. The lowest BCUT2D eigenvalue weighted by molar-refractivity contribution is -0.137. The quantitative estimate of drug-likeness (QED) is 0.247. The Hall–Kier alpha value is -4.46. The van der Waals surface area contributed by atoms with E-state index < -0.39 is 23.9 Å². The molecule has 1 atom stereocenters. The molecule has 38 heavy (non-hydrogen) atoms. The van der Waals surface area contributed by atoms with Crippen molar-refractivity contribution in [2.24, 2.45) is 0 Å². The van der Waals surface area contributed by atoms with Gasteiger partial charge in [0.2, 0.25) is 0 Å². The fourth-order valence-electron chi connectivity index (χ4n) is 4.71. The van der Waals surface area contributed by atoms with Crippen LogP contribution in [0, 0.1) is 0 Å². The van der Waals surface area contributed by atoms with E-state index in [1.54, 1.807) is 24.3 Å². The van der Waals surface area contributed by atoms with Crippen LogP contribution in [0.1, 0.15) is 64.0 Å². The maximum absolute atomic E-state index is 13.5. The minimum atomic E-state index is -0.998. The molecule has 1 amide bonds. The van der Waals surface area contributed by atoms with Crippen LogP contribution in [0.3, 0.4) is 0 Å². The van der Waals surface area contributed by atoms with Gasteiger partial charge in [0.1, 0.15) is 11.5 Å². The van der Waals surface area contributed by atoms with Crippen LogP contribution in [0.5, 0.6) is 0 Å². The van der Waals surface area contributed by atoms with Gasteiger partial charge < -0.3 is 20.1 Å². The molecule has 3 aromatic carbocycles. The van der Waals surface area contributed by atoms with Crippen molar-refractivity contribution in [3.8, 4) is 0 Å². The Kier molecular flexibility index (Phi) is 8.53. The van der Waals surface area contributed by atoms with E-state index >= 15 is 0 Å². The molecule has 0 bridgehead atoms. The van der Waals surface area contributed by atoms with Crippen molar-refractivity contribution in [3.63, 3.8) is 0 Å². The molecule has 8 heteroatoms. The lowest BCUT2D eigenvalue weighted by atomic mass is 9.99. The van der Waals surface area contributed by atoms with Gasteiger partial charge in [0.25, 0.3) is 5.91 Å². The number of carboxylic acids is 2. The van der Waals surface area contributed by atoms with Crippen molar-refractivity contribution < 1.29 is 24.6 Å². The average Bonchev–Trinajstić information content (AvgIpc) is 3.30. The number of aryl methyl sites for hydroxylation is 1. The van der Waals surface area contributed by atoms with Crippen LogP contribution in [0.4, 0.5) is 0 Å². The first-order chi connectivity index (χ1) is 18.4. The summed E-state index contributed by atoms with van der Waals surface area (Å²) in [6, 6.07) is 19.5. The molecule has 0 fully saturated rings. The van der Waals surface area contributed by atoms with Crippen molar-refractivity contribution >= 4 is 28.6 Å². The predicted octanol–water partition coefficient (Wildman–Crippen LogP) is 4.94. The first-order valence-electron chi connectivity index (χ1n) is 12.7. The molecule has 0 aliphatic heterocycles. The van der Waals surface area contributed by atoms with E-state index in [2.05, 4.69) is 17.2 Å². The molecule has 1 unspecified atom stereocenters. The fourth-order valence-corrected chi connectivity index (χ4v) is 4.71. The van der Waals surface area contributed by atoms with Crippen LogP contribution < -0.4 is 5.32 Å². The number of carbonyl (C=O) groups excluding carboxylic acids is 1. The molecular formula is C30H31N3O5. The highest BCUT2D eigenvalue weighted by Gasteiger charge is 2.22. The average molecular weight is 514 g/mol. The summed E-state index contributed by atoms with van der Waals surface area (Å²) in [7, 11) is 0. The topological polar surface area (TPSA) is 122 Å². The number of benzene rings is 3. The molecule has 196 valence electrons. The van der Waals surface area contributed by atoms with Gasteiger partial charge in [-0.2, -0.15) is 0 Å². The molecule has 0 aliphatic rings. The SMILES string of the molecule is CCCCc1ncc(C(=O)NC(CC(=O)O)Cc2ccccc2)n1Cc1ccc(C(=O)O)c2ccccc12. The molecule has 0 saturated heterocycles. The van der Waals surface area contributed by atoms with Crippen molar-refractivity contribution in [2.75, 3.05) is 0 Å². The van der Waals surface area contributed by atoms with E-state index in [1.165, 1.54) is 6.20 Å². The van der Waals surface area contributed by atoms with Gasteiger partial charge in [-0.05, 0) is 40.8 Å². The van der Waals surface area contributed by atoms with Crippen LogP contribution in [0.25, 0.3) is 10.8 Å². The second kappa shape index (κ2) is 12.2. The molecule has 0 spiro atoms. The molecule has 3 N–H and O–H groups in total. The summed E-state index contributed by atoms with van der Waals surface area (Å²) in [4.78, 5) is 41.3. The zero-order valence-electron chi connectivity index (χ0n) is 21.3. The molecule has 1 aromatic heterocycles. The molecule has 4 rings (SSSR count). The summed E-state index contributed by atoms with van der Waals surface area (Å²) < 4.78 is 1.85. The second-order valence-electron chi connectivity index (χ2n) is 9.33. The monoisotopic (exact) mass is 513 g/mol. The maximum atomic E-state index is 13.5. The van der Waals surface area contributed by atoms with E-state index in [1.807, 2.05) is 47.0 Å². The zero-order chi connectivity index (χ0) is 27.1. The third kappa shape index (κ3) is 6.26. The van der Waals surface area contributed by atoms with Crippen molar-refractivity contribution in [1.82, 2.24) is 14.9 Å². The lowest BCUT2D eigenvalue weighted by Crippen LogP contribution is -2.39. The number of fused-ring (bicyclic) bond motifs is 1. The van der Waals surface area contributed by atoms with Gasteiger partial charge in [-0.3, -0.25) is 9.59 Å². The molecule has 0 aliphatic carbocycles. The number of amides is 1. The maximum Gasteiger partial charge on any atom is 0.336 e. The van der Waals surface area contributed by atoms with Crippen LogP contribution in [-0.2, 0) is 24.2 Å². The largest absolute Gasteiger partial charge is 0.481 e. The van der Waals surface area contributed by atoms with Gasteiger partial charge in [-0.1, -0.05) is 74.0 Å². The number of carbonyl (C=O) groups is 3. The first kappa shape index (κ1) is 26.6. The van der Waals surface area contributed by atoms with Gasteiger partial charge >= 0.3 is 11.9 Å². The highest BCUT2D eigenvalue weighted by atomic mass is 16.4. The number of rotatable bonds is 12. The van der Waals surface area contributed by atoms with Crippen LogP contribution in [-0.4, -0.2) is 43.7 Å². The van der Waals surface area contributed by atoms with E-state index in [9.17, 15) is 24.6 Å². The zero-order valence-corrected chi connectivity index (χ0v) is 21.3. The summed E-state index contributed by atoms with van der Waals surface area (Å²) in [5, 5.41) is 23.4. The summed E-state index contributed by atoms with van der Waals surface area (Å²) in [6.07, 6.45) is 4.25. The highest BCUT2D eigenvalue weighted by Crippen LogP contribution is 2.25. The van der Waals surface area contributed by atoms with Gasteiger partial charge in [-0.15, -0.1) is 0 Å². The number of carboxylic acid groups (broad SMARTS) is 2. The molecular weight excluding hydrogens is 482 g/mol. The Balaban J connectivity index is 1.67. The van der Waals surface area contributed by atoms with Crippen molar-refractivity contribution in [2.45, 2.75) is 51.6 Å². The lowest BCUT2D eigenvalue weighted by Gasteiger charge is -2.19. The summed E-state index contributed by atoms with van der Waals surface area (Å²) in [6.45, 7) is 2.41. The Morgan fingerprint density at radius 1 is 0.947 bits per heavy atom. The van der Waals surface area contributed by atoms with Gasteiger partial charge in [0, 0.05) is 12.5 Å². The number of aliphatic carboxylic acids is 1. The Bertz CT molecular complexity index is 1450. The Labute approximate surface area is 221 Å². The summed E-state index contributed by atoms with van der Waals surface area (Å²) >= 11 is 0.